The van der Waals surface area contributed by atoms with Crippen molar-refractivity contribution in [2.24, 2.45) is 0 Å². The number of hydrogen-bond acceptors (Lipinski definition) is 5. The summed E-state index contributed by atoms with van der Waals surface area (Å²) in [6, 6.07) is 0. The molecule has 0 aromatic carbocycles. The summed E-state index contributed by atoms with van der Waals surface area (Å²) >= 11 is 0. The lowest BCUT2D eigenvalue weighted by Crippen LogP contribution is -2.24. The fraction of sp³-hybridized carbons (Fsp3) is 0.833. The average molecular weight is 214 g/mol. The van der Waals surface area contributed by atoms with E-state index in [0.717, 1.165) is 14.2 Å². The number of hydrogen-bond donors (Lipinski definition) is 0. The standard InChI is InChI=1S/C6H12FO5P/c1-4-12-13(7,9)6(11-3)5(8)10-2/h6H,4H2,1-3H3. The van der Waals surface area contributed by atoms with Gasteiger partial charge in [0.15, 0.2) is 0 Å². The minimum Gasteiger partial charge on any atom is -0.467 e. The molecular formula is C6H12FO5P. The van der Waals surface area contributed by atoms with E-state index in [1.165, 1.54) is 6.92 Å². The Morgan fingerprint density at radius 1 is 1.54 bits per heavy atom. The van der Waals surface area contributed by atoms with Crippen LogP contribution in [0.25, 0.3) is 0 Å². The lowest BCUT2D eigenvalue weighted by atomic mass is 10.7. The second-order valence-electron chi connectivity index (χ2n) is 2.05. The third-order valence-corrected chi connectivity index (χ3v) is 2.80. The molecule has 78 valence electrons. The van der Waals surface area contributed by atoms with Crippen LogP contribution in [0.4, 0.5) is 4.20 Å². The smallest absolute Gasteiger partial charge is 0.406 e. The Kier molecular flexibility index (Phi) is 5.13. The van der Waals surface area contributed by atoms with E-state index in [0.29, 0.717) is 0 Å². The van der Waals surface area contributed by atoms with Gasteiger partial charge in [-0.15, -0.1) is 0 Å². The summed E-state index contributed by atoms with van der Waals surface area (Å²) in [5, 5.41) is 0. The van der Waals surface area contributed by atoms with Crippen molar-refractivity contribution in [1.29, 1.82) is 0 Å². The van der Waals surface area contributed by atoms with Crippen LogP contribution in [0.1, 0.15) is 6.92 Å². The summed E-state index contributed by atoms with van der Waals surface area (Å²) < 4.78 is 37.0. The molecule has 2 atom stereocenters. The first-order valence-electron chi connectivity index (χ1n) is 3.54. The van der Waals surface area contributed by atoms with Gasteiger partial charge in [0, 0.05) is 7.11 Å². The van der Waals surface area contributed by atoms with Crippen LogP contribution in [-0.4, -0.2) is 32.6 Å². The van der Waals surface area contributed by atoms with E-state index in [4.69, 9.17) is 0 Å². The number of halogens is 1. The zero-order valence-corrected chi connectivity index (χ0v) is 8.55. The molecule has 0 saturated carbocycles. The maximum Gasteiger partial charge on any atom is 0.406 e. The first kappa shape index (κ1) is 12.6. The SMILES string of the molecule is CCOP(=O)(F)C(OC)C(=O)OC. The molecule has 0 saturated heterocycles. The molecule has 0 amide bonds. The first-order chi connectivity index (χ1) is 5.99. The van der Waals surface area contributed by atoms with Crippen LogP contribution < -0.4 is 0 Å². The molecule has 0 heterocycles. The van der Waals surface area contributed by atoms with Crippen LogP contribution in [0.5, 0.6) is 0 Å². The van der Waals surface area contributed by atoms with Crippen molar-refractivity contribution in [3.05, 3.63) is 0 Å². The van der Waals surface area contributed by atoms with Gasteiger partial charge in [0.25, 0.3) is 5.85 Å². The third-order valence-electron chi connectivity index (χ3n) is 1.21. The second kappa shape index (κ2) is 5.32. The van der Waals surface area contributed by atoms with Crippen LogP contribution >= 0.6 is 7.68 Å². The quantitative estimate of drug-likeness (QED) is 0.510. The fourth-order valence-corrected chi connectivity index (χ4v) is 1.79. The summed E-state index contributed by atoms with van der Waals surface area (Å²) in [5.74, 6) is -2.85. The minimum atomic E-state index is -4.57. The molecular weight excluding hydrogens is 202 g/mol. The molecule has 0 aliphatic rings. The van der Waals surface area contributed by atoms with E-state index in [1.807, 2.05) is 0 Å². The van der Waals surface area contributed by atoms with Crippen LogP contribution in [0.2, 0.25) is 0 Å². The van der Waals surface area contributed by atoms with Gasteiger partial charge in [-0.25, -0.2) is 4.79 Å². The Bertz CT molecular complexity index is 219. The molecule has 0 spiro atoms. The van der Waals surface area contributed by atoms with Gasteiger partial charge in [-0.3, -0.25) is 4.57 Å². The number of carbonyl (C=O) groups excluding carboxylic acids is 1. The van der Waals surface area contributed by atoms with Gasteiger partial charge in [0.2, 0.25) is 0 Å². The lowest BCUT2D eigenvalue weighted by Gasteiger charge is -2.16. The average Bonchev–Trinajstić information content (AvgIpc) is 2.04. The monoisotopic (exact) mass is 214 g/mol. The second-order valence-corrected chi connectivity index (χ2v) is 3.82. The molecule has 0 radical (unpaired) electrons. The zero-order valence-electron chi connectivity index (χ0n) is 7.65. The molecule has 0 aliphatic carbocycles. The highest BCUT2D eigenvalue weighted by Crippen LogP contribution is 2.54. The summed E-state index contributed by atoms with van der Waals surface area (Å²) in [6.45, 7) is 1.35. The van der Waals surface area contributed by atoms with E-state index in [2.05, 4.69) is 14.0 Å². The lowest BCUT2D eigenvalue weighted by molar-refractivity contribution is -0.148. The van der Waals surface area contributed by atoms with Crippen molar-refractivity contribution < 1.29 is 27.6 Å². The van der Waals surface area contributed by atoms with Gasteiger partial charge >= 0.3 is 13.6 Å². The topological polar surface area (TPSA) is 61.8 Å². The Labute approximate surface area is 75.7 Å². The third kappa shape index (κ3) is 3.42. The molecule has 0 rings (SSSR count). The Hall–Kier alpha value is -0.450. The highest BCUT2D eigenvalue weighted by molar-refractivity contribution is 7.55. The van der Waals surface area contributed by atoms with E-state index < -0.39 is 19.5 Å². The highest BCUT2D eigenvalue weighted by Gasteiger charge is 2.41. The van der Waals surface area contributed by atoms with Crippen molar-refractivity contribution in [3.8, 4) is 0 Å². The van der Waals surface area contributed by atoms with E-state index in [-0.39, 0.29) is 6.61 Å². The van der Waals surface area contributed by atoms with Crippen molar-refractivity contribution in [2.75, 3.05) is 20.8 Å². The van der Waals surface area contributed by atoms with Gasteiger partial charge in [-0.1, -0.05) is 0 Å². The summed E-state index contributed by atoms with van der Waals surface area (Å²) in [6.07, 6.45) is 0. The van der Waals surface area contributed by atoms with Gasteiger partial charge in [-0.05, 0) is 6.92 Å². The predicted octanol–water partition coefficient (Wildman–Crippen LogP) is 1.33. The summed E-state index contributed by atoms with van der Waals surface area (Å²) in [4.78, 5) is 10.8. The van der Waals surface area contributed by atoms with Gasteiger partial charge in [0.05, 0.1) is 13.7 Å². The summed E-state index contributed by atoms with van der Waals surface area (Å²) in [7, 11) is -2.48. The van der Waals surface area contributed by atoms with Crippen molar-refractivity contribution in [2.45, 2.75) is 12.8 Å². The molecule has 0 bridgehead atoms. The maximum absolute atomic E-state index is 13.1. The fourth-order valence-electron chi connectivity index (χ4n) is 0.693. The molecule has 2 unspecified atom stereocenters. The van der Waals surface area contributed by atoms with Crippen LogP contribution in [-0.2, 0) is 23.4 Å². The number of esters is 1. The molecule has 0 aromatic rings. The van der Waals surface area contributed by atoms with Crippen LogP contribution in [0, 0.1) is 0 Å². The molecule has 5 nitrogen and oxygen atoms in total. The molecule has 0 aliphatic heterocycles. The molecule has 0 aromatic heterocycles. The molecule has 0 N–H and O–H groups in total. The minimum absolute atomic E-state index is 0.107. The number of methoxy groups -OCH3 is 2. The zero-order chi connectivity index (χ0) is 10.5. The van der Waals surface area contributed by atoms with Gasteiger partial charge in [-0.2, -0.15) is 4.20 Å². The van der Waals surface area contributed by atoms with Crippen LogP contribution in [0.3, 0.4) is 0 Å². The Balaban J connectivity index is 4.56. The van der Waals surface area contributed by atoms with Crippen molar-refractivity contribution >= 4 is 13.6 Å². The van der Waals surface area contributed by atoms with Crippen LogP contribution in [0.15, 0.2) is 0 Å². The Morgan fingerprint density at radius 3 is 2.38 bits per heavy atom. The maximum atomic E-state index is 13.1. The largest absolute Gasteiger partial charge is 0.467 e. The molecule has 13 heavy (non-hydrogen) atoms. The molecule has 0 fully saturated rings. The van der Waals surface area contributed by atoms with Gasteiger partial charge < -0.3 is 14.0 Å². The number of rotatable bonds is 5. The highest BCUT2D eigenvalue weighted by atomic mass is 31.2. The van der Waals surface area contributed by atoms with E-state index >= 15 is 0 Å². The van der Waals surface area contributed by atoms with E-state index in [9.17, 15) is 13.6 Å². The molecule has 7 heteroatoms. The Morgan fingerprint density at radius 2 is 2.08 bits per heavy atom. The number of ether oxygens (including phenoxy) is 2. The van der Waals surface area contributed by atoms with E-state index in [1.54, 1.807) is 0 Å². The van der Waals surface area contributed by atoms with Crippen molar-refractivity contribution in [1.82, 2.24) is 0 Å². The van der Waals surface area contributed by atoms with Crippen molar-refractivity contribution in [3.63, 3.8) is 0 Å². The predicted molar refractivity (Wildman–Crippen MR) is 43.2 cm³/mol. The normalized spacial score (nSPS) is 17.5. The summed E-state index contributed by atoms with van der Waals surface area (Å²) in [5.41, 5.74) is 0. The number of carbonyl (C=O) groups is 1. The first-order valence-corrected chi connectivity index (χ1v) is 5.12. The van der Waals surface area contributed by atoms with Gasteiger partial charge in [0.1, 0.15) is 0 Å².